The second-order valence-corrected chi connectivity index (χ2v) is 4.37. The maximum atomic E-state index is 10.9. The minimum atomic E-state index is -0.857. The number of benzene rings is 1. The standard InChI is InChI=1S/C11H13ClN2O2/c1-11(16-10(13)15)9-3-2-8(12)6-7(9)4-5-14-11/h2-3,6,14H,4-5H2,1H3,(H2,13,15). The Labute approximate surface area is 98.7 Å². The Balaban J connectivity index is 2.43. The number of nitrogens with two attached hydrogens (primary N) is 1. The van der Waals surface area contributed by atoms with Crippen LogP contribution in [-0.4, -0.2) is 12.6 Å². The molecule has 0 aliphatic carbocycles. The number of primary amides is 1. The normalized spacial score (nSPS) is 23.6. The van der Waals surface area contributed by atoms with Crippen LogP contribution >= 0.6 is 11.6 Å². The van der Waals surface area contributed by atoms with Crippen molar-refractivity contribution in [2.24, 2.45) is 5.73 Å². The highest BCUT2D eigenvalue weighted by atomic mass is 35.5. The maximum absolute atomic E-state index is 10.9. The van der Waals surface area contributed by atoms with Crippen LogP contribution in [0.2, 0.25) is 5.02 Å². The molecule has 86 valence electrons. The number of hydrogen-bond acceptors (Lipinski definition) is 3. The lowest BCUT2D eigenvalue weighted by atomic mass is 9.92. The summed E-state index contributed by atoms with van der Waals surface area (Å²) in [5.41, 5.74) is 6.19. The summed E-state index contributed by atoms with van der Waals surface area (Å²) in [6.07, 6.45) is 0.0611. The van der Waals surface area contributed by atoms with Crippen LogP contribution in [-0.2, 0) is 16.9 Å². The zero-order chi connectivity index (χ0) is 11.8. The summed E-state index contributed by atoms with van der Waals surface area (Å²) < 4.78 is 5.13. The molecular formula is C11H13ClN2O2. The van der Waals surface area contributed by atoms with Crippen LogP contribution in [0.3, 0.4) is 0 Å². The Kier molecular flexibility index (Phi) is 2.78. The van der Waals surface area contributed by atoms with E-state index in [0.29, 0.717) is 5.02 Å². The van der Waals surface area contributed by atoms with Crippen LogP contribution in [0, 0.1) is 0 Å². The number of rotatable bonds is 1. The molecule has 16 heavy (non-hydrogen) atoms. The van der Waals surface area contributed by atoms with Gasteiger partial charge < -0.3 is 10.5 Å². The van der Waals surface area contributed by atoms with E-state index in [1.165, 1.54) is 0 Å². The Bertz CT molecular complexity index is 436. The Morgan fingerprint density at radius 3 is 3.06 bits per heavy atom. The van der Waals surface area contributed by atoms with Gasteiger partial charge in [0, 0.05) is 17.1 Å². The highest BCUT2D eigenvalue weighted by molar-refractivity contribution is 6.30. The molecule has 2 rings (SSSR count). The van der Waals surface area contributed by atoms with Crippen molar-refractivity contribution in [1.29, 1.82) is 0 Å². The molecule has 0 saturated heterocycles. The molecule has 1 aromatic carbocycles. The van der Waals surface area contributed by atoms with E-state index in [0.717, 1.165) is 24.1 Å². The molecule has 1 aliphatic rings. The maximum Gasteiger partial charge on any atom is 0.406 e. The third-order valence-corrected chi connectivity index (χ3v) is 2.98. The largest absolute Gasteiger partial charge is 0.424 e. The van der Waals surface area contributed by atoms with Gasteiger partial charge in [0.2, 0.25) is 0 Å². The SMILES string of the molecule is CC1(OC(N)=O)NCCc2cc(Cl)ccc21. The molecule has 5 heteroatoms. The third kappa shape index (κ3) is 1.99. The Hall–Kier alpha value is -1.26. The molecule has 0 spiro atoms. The highest BCUT2D eigenvalue weighted by Crippen LogP contribution is 2.31. The summed E-state index contributed by atoms with van der Waals surface area (Å²) in [7, 11) is 0. The Morgan fingerprint density at radius 2 is 2.38 bits per heavy atom. The van der Waals surface area contributed by atoms with Gasteiger partial charge in [0.25, 0.3) is 0 Å². The number of fused-ring (bicyclic) bond motifs is 1. The number of carbonyl (C=O) groups is 1. The summed E-state index contributed by atoms with van der Waals surface area (Å²) in [6.45, 7) is 2.50. The van der Waals surface area contributed by atoms with Crippen LogP contribution < -0.4 is 11.1 Å². The molecule has 3 N–H and O–H groups in total. The molecule has 0 radical (unpaired) electrons. The lowest BCUT2D eigenvalue weighted by molar-refractivity contribution is -0.00508. The Morgan fingerprint density at radius 1 is 1.62 bits per heavy atom. The van der Waals surface area contributed by atoms with Gasteiger partial charge in [0.1, 0.15) is 0 Å². The molecule has 0 bridgehead atoms. The summed E-state index contributed by atoms with van der Waals surface area (Å²) >= 11 is 5.92. The number of carbonyl (C=O) groups excluding carboxylic acids is 1. The predicted octanol–water partition coefficient (Wildman–Crippen LogP) is 1.75. The van der Waals surface area contributed by atoms with E-state index in [1.807, 2.05) is 12.1 Å². The van der Waals surface area contributed by atoms with Gasteiger partial charge in [-0.15, -0.1) is 0 Å². The van der Waals surface area contributed by atoms with Crippen molar-refractivity contribution in [2.75, 3.05) is 6.54 Å². The van der Waals surface area contributed by atoms with Crippen LogP contribution in [0.15, 0.2) is 18.2 Å². The van der Waals surface area contributed by atoms with E-state index in [9.17, 15) is 4.79 Å². The van der Waals surface area contributed by atoms with Gasteiger partial charge in [0.05, 0.1) is 0 Å². The van der Waals surface area contributed by atoms with Crippen molar-refractivity contribution >= 4 is 17.7 Å². The van der Waals surface area contributed by atoms with Crippen molar-refractivity contribution in [3.05, 3.63) is 34.3 Å². The molecule has 0 saturated carbocycles. The molecule has 0 aromatic heterocycles. The number of nitrogens with one attached hydrogen (secondary N) is 1. The average molecular weight is 241 g/mol. The topological polar surface area (TPSA) is 64.3 Å². The van der Waals surface area contributed by atoms with Gasteiger partial charge in [-0.25, -0.2) is 4.79 Å². The van der Waals surface area contributed by atoms with Crippen LogP contribution in [0.25, 0.3) is 0 Å². The first-order chi connectivity index (χ1) is 7.51. The number of hydrogen-bond donors (Lipinski definition) is 2. The van der Waals surface area contributed by atoms with Crippen molar-refractivity contribution < 1.29 is 9.53 Å². The van der Waals surface area contributed by atoms with Crippen LogP contribution in [0.5, 0.6) is 0 Å². The molecule has 1 aromatic rings. The second-order valence-electron chi connectivity index (χ2n) is 3.93. The summed E-state index contributed by atoms with van der Waals surface area (Å²) in [6, 6.07) is 5.52. The smallest absolute Gasteiger partial charge is 0.406 e. The average Bonchev–Trinajstić information content (AvgIpc) is 2.15. The van der Waals surface area contributed by atoms with Gasteiger partial charge in [-0.05, 0) is 31.0 Å². The molecule has 4 nitrogen and oxygen atoms in total. The molecule has 1 unspecified atom stereocenters. The number of halogens is 1. The lowest BCUT2D eigenvalue weighted by Gasteiger charge is -2.35. The fourth-order valence-corrected chi connectivity index (χ4v) is 2.25. The minimum absolute atomic E-state index is 0.682. The van der Waals surface area contributed by atoms with E-state index in [2.05, 4.69) is 5.32 Å². The van der Waals surface area contributed by atoms with Gasteiger partial charge in [-0.3, -0.25) is 5.32 Å². The van der Waals surface area contributed by atoms with Crippen LogP contribution in [0.1, 0.15) is 18.1 Å². The first-order valence-corrected chi connectivity index (χ1v) is 5.41. The summed E-state index contributed by atoms with van der Waals surface area (Å²) in [4.78, 5) is 10.9. The van der Waals surface area contributed by atoms with Crippen LogP contribution in [0.4, 0.5) is 4.79 Å². The lowest BCUT2D eigenvalue weighted by Crippen LogP contribution is -2.49. The summed E-state index contributed by atoms with van der Waals surface area (Å²) in [5, 5.41) is 3.82. The molecule has 1 atom stereocenters. The first kappa shape index (κ1) is 11.2. The molecular weight excluding hydrogens is 228 g/mol. The molecule has 1 amide bonds. The number of amides is 1. The fourth-order valence-electron chi connectivity index (χ4n) is 2.06. The second kappa shape index (κ2) is 3.96. The van der Waals surface area contributed by atoms with Gasteiger partial charge in [0.15, 0.2) is 5.72 Å². The monoisotopic (exact) mass is 240 g/mol. The van der Waals surface area contributed by atoms with Gasteiger partial charge >= 0.3 is 6.09 Å². The van der Waals surface area contributed by atoms with Crippen molar-refractivity contribution in [2.45, 2.75) is 19.1 Å². The van der Waals surface area contributed by atoms with E-state index in [-0.39, 0.29) is 0 Å². The quantitative estimate of drug-likeness (QED) is 0.786. The zero-order valence-corrected chi connectivity index (χ0v) is 9.67. The predicted molar refractivity (Wildman–Crippen MR) is 61.2 cm³/mol. The van der Waals surface area contributed by atoms with Crippen molar-refractivity contribution in [1.82, 2.24) is 5.32 Å². The molecule has 1 aliphatic heterocycles. The van der Waals surface area contributed by atoms with E-state index in [4.69, 9.17) is 22.1 Å². The molecule has 1 heterocycles. The van der Waals surface area contributed by atoms with Gasteiger partial charge in [-0.1, -0.05) is 17.7 Å². The van der Waals surface area contributed by atoms with E-state index >= 15 is 0 Å². The fraction of sp³-hybridized carbons (Fsp3) is 0.364. The van der Waals surface area contributed by atoms with E-state index < -0.39 is 11.8 Å². The highest BCUT2D eigenvalue weighted by Gasteiger charge is 2.34. The molecule has 0 fully saturated rings. The number of ether oxygens (including phenoxy) is 1. The summed E-state index contributed by atoms with van der Waals surface area (Å²) in [5.74, 6) is 0. The third-order valence-electron chi connectivity index (χ3n) is 2.74. The first-order valence-electron chi connectivity index (χ1n) is 5.04. The minimum Gasteiger partial charge on any atom is -0.424 e. The zero-order valence-electron chi connectivity index (χ0n) is 8.92. The van der Waals surface area contributed by atoms with Gasteiger partial charge in [-0.2, -0.15) is 0 Å². The van der Waals surface area contributed by atoms with Crippen molar-refractivity contribution in [3.8, 4) is 0 Å². The van der Waals surface area contributed by atoms with E-state index in [1.54, 1.807) is 13.0 Å². The van der Waals surface area contributed by atoms with Crippen molar-refractivity contribution in [3.63, 3.8) is 0 Å².